The van der Waals surface area contributed by atoms with Gasteiger partial charge in [0.1, 0.15) is 0 Å². The van der Waals surface area contributed by atoms with Crippen molar-refractivity contribution in [3.63, 3.8) is 0 Å². The summed E-state index contributed by atoms with van der Waals surface area (Å²) in [6.45, 7) is 0.792. The van der Waals surface area contributed by atoms with E-state index in [9.17, 15) is 0 Å². The summed E-state index contributed by atoms with van der Waals surface area (Å²) in [5.41, 5.74) is 5.99. The maximum Gasteiger partial charge on any atom is 0.0946 e. The fraction of sp³-hybridized carbons (Fsp3) is 0.222. The highest BCUT2D eigenvalue weighted by atomic mass is 32.1. The predicted molar refractivity (Wildman–Crippen MR) is 53.5 cm³/mol. The molecule has 0 aliphatic rings. The normalized spacial score (nSPS) is 13.0. The van der Waals surface area contributed by atoms with Crippen molar-refractivity contribution >= 4 is 11.3 Å². The van der Waals surface area contributed by atoms with Gasteiger partial charge >= 0.3 is 0 Å². The van der Waals surface area contributed by atoms with Crippen LogP contribution >= 0.6 is 11.3 Å². The van der Waals surface area contributed by atoms with Crippen molar-refractivity contribution in [3.8, 4) is 0 Å². The van der Waals surface area contributed by atoms with Gasteiger partial charge in [0.15, 0.2) is 0 Å². The zero-order chi connectivity index (χ0) is 9.10. The van der Waals surface area contributed by atoms with Crippen LogP contribution in [-0.4, -0.2) is 9.55 Å². The summed E-state index contributed by atoms with van der Waals surface area (Å²) in [5, 5.41) is 2.04. The molecule has 4 heteroatoms. The van der Waals surface area contributed by atoms with Crippen molar-refractivity contribution in [2.45, 2.75) is 12.6 Å². The summed E-state index contributed by atoms with van der Waals surface area (Å²) >= 11 is 1.69. The monoisotopic (exact) mass is 193 g/mol. The molecule has 0 aliphatic heterocycles. The lowest BCUT2D eigenvalue weighted by atomic mass is 10.2. The molecular weight excluding hydrogens is 182 g/mol. The maximum atomic E-state index is 5.99. The van der Waals surface area contributed by atoms with Crippen LogP contribution in [0.1, 0.15) is 10.9 Å². The van der Waals surface area contributed by atoms with Crippen molar-refractivity contribution in [1.82, 2.24) is 9.55 Å². The Hall–Kier alpha value is -1.13. The molecule has 2 N–H and O–H groups in total. The molecular formula is C9H11N3S. The van der Waals surface area contributed by atoms with Crippen LogP contribution in [0.4, 0.5) is 0 Å². The van der Waals surface area contributed by atoms with E-state index in [-0.39, 0.29) is 6.04 Å². The number of hydrogen-bond donors (Lipinski definition) is 1. The summed E-state index contributed by atoms with van der Waals surface area (Å²) in [5.74, 6) is 0. The summed E-state index contributed by atoms with van der Waals surface area (Å²) in [4.78, 5) is 5.18. The Morgan fingerprint density at radius 1 is 1.62 bits per heavy atom. The number of imidazole rings is 1. The fourth-order valence-corrected chi connectivity index (χ4v) is 1.93. The van der Waals surface area contributed by atoms with Crippen LogP contribution in [0.3, 0.4) is 0 Å². The lowest BCUT2D eigenvalue weighted by Gasteiger charge is -2.09. The maximum absolute atomic E-state index is 5.99. The number of nitrogens with zero attached hydrogens (tertiary/aromatic N) is 2. The molecule has 0 saturated carbocycles. The van der Waals surface area contributed by atoms with Gasteiger partial charge in [0.05, 0.1) is 12.4 Å². The number of hydrogen-bond acceptors (Lipinski definition) is 3. The molecule has 1 atom stereocenters. The molecule has 0 radical (unpaired) electrons. The van der Waals surface area contributed by atoms with E-state index in [1.807, 2.05) is 22.2 Å². The SMILES string of the molecule is NC(Cn1ccnc1)c1cccs1. The van der Waals surface area contributed by atoms with Gasteiger partial charge in [-0.15, -0.1) is 11.3 Å². The molecule has 3 nitrogen and oxygen atoms in total. The van der Waals surface area contributed by atoms with E-state index in [4.69, 9.17) is 5.73 Å². The summed E-state index contributed by atoms with van der Waals surface area (Å²) in [6.07, 6.45) is 5.47. The Balaban J connectivity index is 2.04. The highest BCUT2D eigenvalue weighted by molar-refractivity contribution is 7.10. The summed E-state index contributed by atoms with van der Waals surface area (Å²) in [6, 6.07) is 4.16. The van der Waals surface area contributed by atoms with Crippen LogP contribution < -0.4 is 5.73 Å². The van der Waals surface area contributed by atoms with E-state index in [2.05, 4.69) is 11.1 Å². The molecule has 2 rings (SSSR count). The quantitative estimate of drug-likeness (QED) is 0.805. The Bertz CT molecular complexity index is 339. The minimum Gasteiger partial charge on any atom is -0.336 e. The van der Waals surface area contributed by atoms with Crippen molar-refractivity contribution in [2.75, 3.05) is 0 Å². The smallest absolute Gasteiger partial charge is 0.0946 e. The number of thiophene rings is 1. The third-order valence-electron chi connectivity index (χ3n) is 1.88. The van der Waals surface area contributed by atoms with Crippen LogP contribution in [0.25, 0.3) is 0 Å². The Morgan fingerprint density at radius 2 is 2.54 bits per heavy atom. The first kappa shape index (κ1) is 8.47. The first-order valence-electron chi connectivity index (χ1n) is 4.11. The van der Waals surface area contributed by atoms with E-state index in [1.165, 1.54) is 4.88 Å². The fourth-order valence-electron chi connectivity index (χ4n) is 1.21. The van der Waals surface area contributed by atoms with Gasteiger partial charge < -0.3 is 10.3 Å². The molecule has 2 aromatic rings. The molecule has 0 fully saturated rings. The van der Waals surface area contributed by atoms with E-state index >= 15 is 0 Å². The molecule has 0 aliphatic carbocycles. The van der Waals surface area contributed by atoms with Gasteiger partial charge in [0.2, 0.25) is 0 Å². The Labute approximate surface area is 80.8 Å². The van der Waals surface area contributed by atoms with Crippen molar-refractivity contribution in [2.24, 2.45) is 5.73 Å². The minimum atomic E-state index is 0.0780. The van der Waals surface area contributed by atoms with Crippen LogP contribution in [0.15, 0.2) is 36.2 Å². The van der Waals surface area contributed by atoms with Gasteiger partial charge in [-0.05, 0) is 11.4 Å². The summed E-state index contributed by atoms with van der Waals surface area (Å²) in [7, 11) is 0. The standard InChI is InChI=1S/C9H11N3S/c10-8(9-2-1-5-13-9)6-12-4-3-11-7-12/h1-5,7-8H,6,10H2. The zero-order valence-electron chi connectivity index (χ0n) is 7.13. The molecule has 0 aromatic carbocycles. The second kappa shape index (κ2) is 3.72. The second-order valence-corrected chi connectivity index (χ2v) is 3.86. The van der Waals surface area contributed by atoms with Gasteiger partial charge in [-0.3, -0.25) is 0 Å². The number of aromatic nitrogens is 2. The lowest BCUT2D eigenvalue weighted by Crippen LogP contribution is -2.15. The van der Waals surface area contributed by atoms with E-state index in [0.29, 0.717) is 0 Å². The van der Waals surface area contributed by atoms with Crippen LogP contribution in [0.2, 0.25) is 0 Å². The molecule has 68 valence electrons. The molecule has 1 unspecified atom stereocenters. The summed E-state index contributed by atoms with van der Waals surface area (Å²) < 4.78 is 1.99. The van der Waals surface area contributed by atoms with Crippen molar-refractivity contribution < 1.29 is 0 Å². The van der Waals surface area contributed by atoms with Crippen molar-refractivity contribution in [3.05, 3.63) is 41.1 Å². The lowest BCUT2D eigenvalue weighted by molar-refractivity contribution is 0.584. The van der Waals surface area contributed by atoms with Crippen LogP contribution in [0.5, 0.6) is 0 Å². The van der Waals surface area contributed by atoms with Gasteiger partial charge in [-0.2, -0.15) is 0 Å². The molecule has 0 spiro atoms. The molecule has 2 heterocycles. The first-order chi connectivity index (χ1) is 6.36. The van der Waals surface area contributed by atoms with Gasteiger partial charge in [-0.25, -0.2) is 4.98 Å². The average Bonchev–Trinajstić information content (AvgIpc) is 2.74. The highest BCUT2D eigenvalue weighted by Gasteiger charge is 2.06. The molecule has 0 bridgehead atoms. The van der Waals surface area contributed by atoms with Gasteiger partial charge in [-0.1, -0.05) is 6.07 Å². The first-order valence-corrected chi connectivity index (χ1v) is 4.99. The second-order valence-electron chi connectivity index (χ2n) is 2.88. The van der Waals surface area contributed by atoms with E-state index < -0.39 is 0 Å². The third-order valence-corrected chi connectivity index (χ3v) is 2.88. The predicted octanol–water partition coefficient (Wildman–Crippen LogP) is 1.64. The minimum absolute atomic E-state index is 0.0780. The van der Waals surface area contributed by atoms with Gasteiger partial charge in [0, 0.05) is 23.8 Å². The number of rotatable bonds is 3. The van der Waals surface area contributed by atoms with E-state index in [0.717, 1.165) is 6.54 Å². The largest absolute Gasteiger partial charge is 0.336 e. The number of nitrogens with two attached hydrogens (primary N) is 1. The topological polar surface area (TPSA) is 43.8 Å². The molecule has 0 amide bonds. The van der Waals surface area contributed by atoms with E-state index in [1.54, 1.807) is 23.9 Å². The Morgan fingerprint density at radius 3 is 3.15 bits per heavy atom. The van der Waals surface area contributed by atoms with Crippen LogP contribution in [0, 0.1) is 0 Å². The molecule has 13 heavy (non-hydrogen) atoms. The molecule has 2 aromatic heterocycles. The van der Waals surface area contributed by atoms with Gasteiger partial charge in [0.25, 0.3) is 0 Å². The third kappa shape index (κ3) is 1.96. The highest BCUT2D eigenvalue weighted by Crippen LogP contribution is 2.17. The average molecular weight is 193 g/mol. The van der Waals surface area contributed by atoms with Crippen molar-refractivity contribution in [1.29, 1.82) is 0 Å². The Kier molecular flexibility index (Phi) is 2.42. The molecule has 0 saturated heterocycles. The zero-order valence-corrected chi connectivity index (χ0v) is 7.95. The van der Waals surface area contributed by atoms with Crippen LogP contribution in [-0.2, 0) is 6.54 Å².